The smallest absolute Gasteiger partial charge is 0.270 e. The summed E-state index contributed by atoms with van der Waals surface area (Å²) >= 11 is 0. The van der Waals surface area contributed by atoms with Crippen LogP contribution in [-0.4, -0.2) is 41.6 Å². The van der Waals surface area contributed by atoms with Crippen molar-refractivity contribution >= 4 is 33.0 Å². The van der Waals surface area contributed by atoms with Gasteiger partial charge in [-0.25, -0.2) is 13.1 Å². The number of hydrogen-bond donors (Lipinski definition) is 3. The monoisotopic (exact) mass is 415 g/mol. The average Bonchev–Trinajstić information content (AvgIpc) is 2.73. The van der Waals surface area contributed by atoms with E-state index in [-0.39, 0.29) is 23.7 Å². The molecule has 0 aliphatic rings. The van der Waals surface area contributed by atoms with Gasteiger partial charge in [-0.3, -0.25) is 15.1 Å². The standard InChI is InChI=1S/C17H17N7O4S/c25-24(26)14-2-1-3-15(12-14)29(27,28)20-11-10-19-16-4-5-17(23-22-16)21-13-6-8-18-9-7-13/h1-9,12,20H,10-11H2,(H,19,22)(H,18,21,23). The fraction of sp³-hybridized carbons (Fsp3) is 0.118. The molecular weight excluding hydrogens is 398 g/mol. The predicted octanol–water partition coefficient (Wildman–Crippen LogP) is 1.91. The van der Waals surface area contributed by atoms with E-state index in [9.17, 15) is 18.5 Å². The lowest BCUT2D eigenvalue weighted by molar-refractivity contribution is -0.385. The summed E-state index contributed by atoms with van der Waals surface area (Å²) in [5.41, 5.74) is 0.535. The highest BCUT2D eigenvalue weighted by Gasteiger charge is 2.16. The number of nitro benzene ring substituents is 1. The second-order valence-corrected chi connectivity index (χ2v) is 7.51. The number of pyridine rings is 1. The molecule has 11 nitrogen and oxygen atoms in total. The molecule has 12 heteroatoms. The van der Waals surface area contributed by atoms with E-state index in [4.69, 9.17) is 0 Å². The molecular formula is C17H17N7O4S. The summed E-state index contributed by atoms with van der Waals surface area (Å²) in [5.74, 6) is 1.02. The maximum atomic E-state index is 12.2. The highest BCUT2D eigenvalue weighted by molar-refractivity contribution is 7.89. The van der Waals surface area contributed by atoms with Crippen molar-refractivity contribution in [2.24, 2.45) is 0 Å². The minimum Gasteiger partial charge on any atom is -0.367 e. The summed E-state index contributed by atoms with van der Waals surface area (Å²) in [5, 5.41) is 24.8. The Morgan fingerprint density at radius 3 is 2.38 bits per heavy atom. The van der Waals surface area contributed by atoms with Crippen LogP contribution in [0, 0.1) is 10.1 Å². The number of nitro groups is 1. The van der Waals surface area contributed by atoms with Gasteiger partial charge in [-0.15, -0.1) is 10.2 Å². The number of aromatic nitrogens is 3. The van der Waals surface area contributed by atoms with E-state index in [1.54, 1.807) is 36.7 Å². The SMILES string of the molecule is O=[N+]([O-])c1cccc(S(=O)(=O)NCCNc2ccc(Nc3ccncc3)nn2)c1. The lowest BCUT2D eigenvalue weighted by Crippen LogP contribution is -2.29. The quantitative estimate of drug-likeness (QED) is 0.270. The van der Waals surface area contributed by atoms with Gasteiger partial charge in [0.15, 0.2) is 5.82 Å². The summed E-state index contributed by atoms with van der Waals surface area (Å²) in [6.07, 6.45) is 3.31. The number of benzene rings is 1. The van der Waals surface area contributed by atoms with Crippen LogP contribution < -0.4 is 15.4 Å². The number of sulfonamides is 1. The van der Waals surface area contributed by atoms with Crippen molar-refractivity contribution in [2.45, 2.75) is 4.90 Å². The molecule has 0 aliphatic carbocycles. The summed E-state index contributed by atoms with van der Waals surface area (Å²) in [7, 11) is -3.86. The van der Waals surface area contributed by atoms with Gasteiger partial charge in [-0.2, -0.15) is 0 Å². The zero-order chi connectivity index (χ0) is 20.7. The molecule has 0 saturated carbocycles. The van der Waals surface area contributed by atoms with Gasteiger partial charge < -0.3 is 10.6 Å². The summed E-state index contributed by atoms with van der Waals surface area (Å²) in [6, 6.07) is 11.9. The molecule has 3 aromatic rings. The lowest BCUT2D eigenvalue weighted by Gasteiger charge is -2.09. The molecule has 0 spiro atoms. The van der Waals surface area contributed by atoms with E-state index >= 15 is 0 Å². The van der Waals surface area contributed by atoms with Crippen LogP contribution in [0.1, 0.15) is 0 Å². The first kappa shape index (κ1) is 20.1. The van der Waals surface area contributed by atoms with Gasteiger partial charge in [0.25, 0.3) is 5.69 Å². The predicted molar refractivity (Wildman–Crippen MR) is 106 cm³/mol. The van der Waals surface area contributed by atoms with E-state index in [2.05, 4.69) is 30.5 Å². The molecule has 0 fully saturated rings. The van der Waals surface area contributed by atoms with Gasteiger partial charge in [0.2, 0.25) is 10.0 Å². The molecule has 29 heavy (non-hydrogen) atoms. The number of rotatable bonds is 9. The van der Waals surface area contributed by atoms with Gasteiger partial charge in [-0.05, 0) is 30.3 Å². The molecule has 1 aromatic carbocycles. The average molecular weight is 415 g/mol. The summed E-state index contributed by atoms with van der Waals surface area (Å²) < 4.78 is 26.8. The Morgan fingerprint density at radius 2 is 1.69 bits per heavy atom. The van der Waals surface area contributed by atoms with E-state index in [1.807, 2.05) is 0 Å². The van der Waals surface area contributed by atoms with E-state index in [0.717, 1.165) is 11.8 Å². The van der Waals surface area contributed by atoms with Crippen molar-refractivity contribution in [1.82, 2.24) is 19.9 Å². The van der Waals surface area contributed by atoms with Crippen molar-refractivity contribution in [3.8, 4) is 0 Å². The third-order valence-electron chi connectivity index (χ3n) is 3.68. The van der Waals surface area contributed by atoms with Crippen LogP contribution in [0.4, 0.5) is 23.0 Å². The first-order valence-electron chi connectivity index (χ1n) is 8.43. The Bertz CT molecular complexity index is 1080. The molecule has 0 amide bonds. The van der Waals surface area contributed by atoms with Gasteiger partial charge in [-0.1, -0.05) is 6.07 Å². The van der Waals surface area contributed by atoms with Crippen LogP contribution in [0.2, 0.25) is 0 Å². The van der Waals surface area contributed by atoms with Crippen LogP contribution in [0.3, 0.4) is 0 Å². The Balaban J connectivity index is 1.50. The lowest BCUT2D eigenvalue weighted by atomic mass is 10.3. The van der Waals surface area contributed by atoms with Crippen molar-refractivity contribution in [3.05, 3.63) is 71.0 Å². The first-order valence-corrected chi connectivity index (χ1v) is 9.91. The Labute approximate surface area is 166 Å². The topological polar surface area (TPSA) is 152 Å². The van der Waals surface area contributed by atoms with Gasteiger partial charge in [0.1, 0.15) is 5.82 Å². The van der Waals surface area contributed by atoms with Crippen molar-refractivity contribution in [2.75, 3.05) is 23.7 Å². The molecule has 3 N–H and O–H groups in total. The minimum absolute atomic E-state index is 0.0592. The second-order valence-electron chi connectivity index (χ2n) is 5.74. The van der Waals surface area contributed by atoms with Gasteiger partial charge in [0, 0.05) is 43.3 Å². The molecule has 0 radical (unpaired) electrons. The Kier molecular flexibility index (Phi) is 6.26. The third kappa shape index (κ3) is 5.67. The Morgan fingerprint density at radius 1 is 0.966 bits per heavy atom. The molecule has 3 rings (SSSR count). The number of anilines is 3. The molecule has 0 unspecified atom stereocenters. The number of nitrogens with one attached hydrogen (secondary N) is 3. The molecule has 0 aliphatic heterocycles. The third-order valence-corrected chi connectivity index (χ3v) is 5.14. The van der Waals surface area contributed by atoms with Crippen molar-refractivity contribution < 1.29 is 13.3 Å². The van der Waals surface area contributed by atoms with E-state index in [1.165, 1.54) is 18.2 Å². The zero-order valence-electron chi connectivity index (χ0n) is 15.0. The van der Waals surface area contributed by atoms with Crippen LogP contribution in [-0.2, 0) is 10.0 Å². The van der Waals surface area contributed by atoms with Crippen LogP contribution >= 0.6 is 0 Å². The number of nitrogens with zero attached hydrogens (tertiary/aromatic N) is 4. The molecule has 0 atom stereocenters. The Hall–Kier alpha value is -3.64. The van der Waals surface area contributed by atoms with Gasteiger partial charge in [0.05, 0.1) is 9.82 Å². The molecule has 0 bridgehead atoms. The van der Waals surface area contributed by atoms with E-state index in [0.29, 0.717) is 11.6 Å². The summed E-state index contributed by atoms with van der Waals surface area (Å²) in [6.45, 7) is 0.309. The van der Waals surface area contributed by atoms with E-state index < -0.39 is 14.9 Å². The number of hydrogen-bond acceptors (Lipinski definition) is 9. The molecule has 2 heterocycles. The van der Waals surface area contributed by atoms with Crippen molar-refractivity contribution in [3.63, 3.8) is 0 Å². The fourth-order valence-electron chi connectivity index (χ4n) is 2.30. The maximum absolute atomic E-state index is 12.2. The largest absolute Gasteiger partial charge is 0.367 e. The fourth-order valence-corrected chi connectivity index (χ4v) is 3.37. The summed E-state index contributed by atoms with van der Waals surface area (Å²) in [4.78, 5) is 13.9. The minimum atomic E-state index is -3.86. The molecule has 150 valence electrons. The highest BCUT2D eigenvalue weighted by Crippen LogP contribution is 2.17. The van der Waals surface area contributed by atoms with Crippen LogP contribution in [0.5, 0.6) is 0 Å². The number of non-ortho nitro benzene ring substituents is 1. The highest BCUT2D eigenvalue weighted by atomic mass is 32.2. The molecule has 2 aromatic heterocycles. The maximum Gasteiger partial charge on any atom is 0.270 e. The zero-order valence-corrected chi connectivity index (χ0v) is 15.8. The molecule has 0 saturated heterocycles. The van der Waals surface area contributed by atoms with Crippen molar-refractivity contribution in [1.29, 1.82) is 0 Å². The second kappa shape index (κ2) is 9.03. The van der Waals surface area contributed by atoms with Crippen LogP contribution in [0.25, 0.3) is 0 Å². The van der Waals surface area contributed by atoms with Crippen LogP contribution in [0.15, 0.2) is 65.8 Å². The first-order chi connectivity index (χ1) is 13.9. The normalized spacial score (nSPS) is 11.0. The van der Waals surface area contributed by atoms with Gasteiger partial charge >= 0.3 is 0 Å².